The Kier molecular flexibility index (Phi) is 6.03. The van der Waals surface area contributed by atoms with Gasteiger partial charge in [-0.15, -0.1) is 11.6 Å². The smallest absolute Gasteiger partial charge is 0.227 e. The predicted molar refractivity (Wildman–Crippen MR) is 61.1 cm³/mol. The van der Waals surface area contributed by atoms with Crippen LogP contribution in [-0.2, 0) is 9.53 Å². The summed E-state index contributed by atoms with van der Waals surface area (Å²) in [7, 11) is 1.88. The first-order valence-electron chi connectivity index (χ1n) is 5.64. The zero-order valence-corrected chi connectivity index (χ0v) is 10.1. The topological polar surface area (TPSA) is 29.5 Å². The van der Waals surface area contributed by atoms with Gasteiger partial charge in [0.2, 0.25) is 5.91 Å². The lowest BCUT2D eigenvalue weighted by Crippen LogP contribution is -2.33. The minimum atomic E-state index is 0.100. The molecule has 0 aromatic carbocycles. The molecule has 1 aliphatic heterocycles. The van der Waals surface area contributed by atoms with Crippen molar-refractivity contribution in [3.05, 3.63) is 0 Å². The number of amides is 1. The highest BCUT2D eigenvalue weighted by Gasteiger charge is 2.25. The molecule has 0 bridgehead atoms. The van der Waals surface area contributed by atoms with Crippen LogP contribution in [0.1, 0.15) is 25.7 Å². The van der Waals surface area contributed by atoms with Crippen LogP contribution in [-0.4, -0.2) is 43.5 Å². The molecule has 0 aliphatic carbocycles. The zero-order chi connectivity index (χ0) is 11.1. The van der Waals surface area contributed by atoms with Gasteiger partial charge in [-0.2, -0.15) is 0 Å². The SMILES string of the molecule is CN(CCCCCCl)C(=O)C1CCOC1. The molecule has 0 radical (unpaired) electrons. The van der Waals surface area contributed by atoms with Crippen molar-refractivity contribution in [3.63, 3.8) is 0 Å². The highest BCUT2D eigenvalue weighted by atomic mass is 35.5. The maximum Gasteiger partial charge on any atom is 0.227 e. The second kappa shape index (κ2) is 7.07. The lowest BCUT2D eigenvalue weighted by molar-refractivity contribution is -0.134. The second-order valence-corrected chi connectivity index (χ2v) is 4.45. The van der Waals surface area contributed by atoms with Gasteiger partial charge in [0, 0.05) is 26.1 Å². The summed E-state index contributed by atoms with van der Waals surface area (Å²) >= 11 is 5.59. The summed E-state index contributed by atoms with van der Waals surface area (Å²) in [5.74, 6) is 1.05. The lowest BCUT2D eigenvalue weighted by Gasteiger charge is -2.20. The molecule has 1 amide bonds. The Labute approximate surface area is 96.7 Å². The molecule has 3 nitrogen and oxygen atoms in total. The summed E-state index contributed by atoms with van der Waals surface area (Å²) in [5.41, 5.74) is 0. The van der Waals surface area contributed by atoms with E-state index in [-0.39, 0.29) is 11.8 Å². The largest absolute Gasteiger partial charge is 0.381 e. The molecular weight excluding hydrogens is 214 g/mol. The molecular formula is C11H20ClNO2. The molecule has 88 valence electrons. The van der Waals surface area contributed by atoms with Gasteiger partial charge in [0.05, 0.1) is 12.5 Å². The molecule has 0 saturated carbocycles. The third-order valence-electron chi connectivity index (χ3n) is 2.78. The maximum atomic E-state index is 11.8. The normalized spacial score (nSPS) is 20.5. The van der Waals surface area contributed by atoms with Crippen molar-refractivity contribution < 1.29 is 9.53 Å². The highest BCUT2D eigenvalue weighted by Crippen LogP contribution is 2.15. The average molecular weight is 234 g/mol. The van der Waals surface area contributed by atoms with Crippen molar-refractivity contribution in [1.29, 1.82) is 0 Å². The third-order valence-corrected chi connectivity index (χ3v) is 3.05. The standard InChI is InChI=1S/C11H20ClNO2/c1-13(7-4-2-3-6-12)11(14)10-5-8-15-9-10/h10H,2-9H2,1H3. The summed E-state index contributed by atoms with van der Waals surface area (Å²) in [6, 6.07) is 0. The van der Waals surface area contributed by atoms with Gasteiger partial charge in [0.25, 0.3) is 0 Å². The van der Waals surface area contributed by atoms with E-state index >= 15 is 0 Å². The van der Waals surface area contributed by atoms with E-state index in [9.17, 15) is 4.79 Å². The summed E-state index contributed by atoms with van der Waals surface area (Å²) in [6.45, 7) is 2.17. The molecule has 1 heterocycles. The maximum absolute atomic E-state index is 11.8. The Morgan fingerprint density at radius 3 is 2.87 bits per heavy atom. The van der Waals surface area contributed by atoms with E-state index < -0.39 is 0 Å². The molecule has 1 atom stereocenters. The van der Waals surface area contributed by atoms with E-state index in [0.29, 0.717) is 12.5 Å². The number of carbonyl (C=O) groups excluding carboxylic acids is 1. The number of rotatable bonds is 6. The first-order chi connectivity index (χ1) is 7.25. The van der Waals surface area contributed by atoms with Crippen LogP contribution in [0.2, 0.25) is 0 Å². The molecule has 0 N–H and O–H groups in total. The van der Waals surface area contributed by atoms with Gasteiger partial charge in [-0.25, -0.2) is 0 Å². The Hall–Kier alpha value is -0.280. The fraction of sp³-hybridized carbons (Fsp3) is 0.909. The number of halogens is 1. The Bertz CT molecular complexity index is 193. The molecule has 1 saturated heterocycles. The first kappa shape index (κ1) is 12.8. The fourth-order valence-corrected chi connectivity index (χ4v) is 1.96. The monoisotopic (exact) mass is 233 g/mol. The Morgan fingerprint density at radius 1 is 1.47 bits per heavy atom. The zero-order valence-electron chi connectivity index (χ0n) is 9.38. The molecule has 0 aromatic heterocycles. The average Bonchev–Trinajstić information content (AvgIpc) is 2.76. The van der Waals surface area contributed by atoms with Crippen LogP contribution in [0.5, 0.6) is 0 Å². The van der Waals surface area contributed by atoms with Gasteiger partial charge >= 0.3 is 0 Å². The predicted octanol–water partition coefficient (Wildman–Crippen LogP) is 1.89. The Balaban J connectivity index is 2.14. The van der Waals surface area contributed by atoms with Crippen molar-refractivity contribution >= 4 is 17.5 Å². The van der Waals surface area contributed by atoms with Crippen LogP contribution in [0.3, 0.4) is 0 Å². The molecule has 1 rings (SSSR count). The van der Waals surface area contributed by atoms with Gasteiger partial charge in [-0.1, -0.05) is 6.42 Å². The van der Waals surface area contributed by atoms with Crippen molar-refractivity contribution in [2.24, 2.45) is 5.92 Å². The van der Waals surface area contributed by atoms with Crippen molar-refractivity contribution in [3.8, 4) is 0 Å². The van der Waals surface area contributed by atoms with Gasteiger partial charge in [-0.05, 0) is 19.3 Å². The summed E-state index contributed by atoms with van der Waals surface area (Å²) < 4.78 is 5.21. The number of carbonyl (C=O) groups is 1. The first-order valence-corrected chi connectivity index (χ1v) is 6.18. The number of hydrogen-bond donors (Lipinski definition) is 0. The molecule has 15 heavy (non-hydrogen) atoms. The van der Waals surface area contributed by atoms with E-state index in [0.717, 1.165) is 38.8 Å². The van der Waals surface area contributed by atoms with Crippen LogP contribution in [0.4, 0.5) is 0 Å². The molecule has 4 heteroatoms. The fourth-order valence-electron chi connectivity index (χ4n) is 1.77. The van der Waals surface area contributed by atoms with E-state index in [2.05, 4.69) is 0 Å². The molecule has 0 aromatic rings. The number of unbranched alkanes of at least 4 members (excludes halogenated alkanes) is 2. The summed E-state index contributed by atoms with van der Waals surface area (Å²) in [4.78, 5) is 13.7. The highest BCUT2D eigenvalue weighted by molar-refractivity contribution is 6.17. The van der Waals surface area contributed by atoms with Gasteiger partial charge in [0.1, 0.15) is 0 Å². The quantitative estimate of drug-likeness (QED) is 0.518. The van der Waals surface area contributed by atoms with Gasteiger partial charge in [0.15, 0.2) is 0 Å². The molecule has 1 fully saturated rings. The minimum Gasteiger partial charge on any atom is -0.381 e. The number of ether oxygens (including phenoxy) is 1. The van der Waals surface area contributed by atoms with Crippen LogP contribution in [0.15, 0.2) is 0 Å². The third kappa shape index (κ3) is 4.39. The van der Waals surface area contributed by atoms with E-state index in [1.807, 2.05) is 11.9 Å². The Morgan fingerprint density at radius 2 is 2.27 bits per heavy atom. The lowest BCUT2D eigenvalue weighted by atomic mass is 10.1. The van der Waals surface area contributed by atoms with Gasteiger partial charge < -0.3 is 9.64 Å². The molecule has 0 spiro atoms. The van der Waals surface area contributed by atoms with E-state index in [4.69, 9.17) is 16.3 Å². The van der Waals surface area contributed by atoms with E-state index in [1.54, 1.807) is 0 Å². The van der Waals surface area contributed by atoms with Crippen molar-refractivity contribution in [1.82, 2.24) is 4.90 Å². The van der Waals surface area contributed by atoms with Crippen molar-refractivity contribution in [2.45, 2.75) is 25.7 Å². The van der Waals surface area contributed by atoms with Crippen LogP contribution < -0.4 is 0 Å². The van der Waals surface area contributed by atoms with E-state index in [1.165, 1.54) is 0 Å². The number of hydrogen-bond acceptors (Lipinski definition) is 2. The second-order valence-electron chi connectivity index (χ2n) is 4.07. The summed E-state index contributed by atoms with van der Waals surface area (Å²) in [6.07, 6.45) is 4.06. The minimum absolute atomic E-state index is 0.100. The number of nitrogens with zero attached hydrogens (tertiary/aromatic N) is 1. The molecule has 1 aliphatic rings. The van der Waals surface area contributed by atoms with Crippen molar-refractivity contribution in [2.75, 3.05) is 32.7 Å². The summed E-state index contributed by atoms with van der Waals surface area (Å²) in [5, 5.41) is 0. The van der Waals surface area contributed by atoms with Gasteiger partial charge in [-0.3, -0.25) is 4.79 Å². The van der Waals surface area contributed by atoms with Crippen LogP contribution in [0, 0.1) is 5.92 Å². The van der Waals surface area contributed by atoms with Crippen LogP contribution >= 0.6 is 11.6 Å². The number of alkyl halides is 1. The van der Waals surface area contributed by atoms with Crippen LogP contribution in [0.25, 0.3) is 0 Å². The molecule has 1 unspecified atom stereocenters.